The number of carbonyl (C=O) groups is 3. The first-order chi connectivity index (χ1) is 15.1. The van der Waals surface area contributed by atoms with Crippen molar-refractivity contribution >= 4 is 17.9 Å². The van der Waals surface area contributed by atoms with E-state index in [9.17, 15) is 19.5 Å². The highest BCUT2D eigenvalue weighted by molar-refractivity contribution is 5.93. The zero-order valence-corrected chi connectivity index (χ0v) is 18.8. The van der Waals surface area contributed by atoms with E-state index < -0.39 is 41.1 Å². The maximum Gasteiger partial charge on any atom is 0.334 e. The molecule has 0 unspecified atom stereocenters. The van der Waals surface area contributed by atoms with E-state index in [1.165, 1.54) is 26.4 Å². The largest absolute Gasteiger partial charge is 0.472 e. The fourth-order valence-electron chi connectivity index (χ4n) is 6.26. The minimum atomic E-state index is -0.811. The van der Waals surface area contributed by atoms with Crippen molar-refractivity contribution in [3.63, 3.8) is 0 Å². The van der Waals surface area contributed by atoms with Crippen molar-refractivity contribution in [3.05, 3.63) is 35.8 Å². The molecular weight excluding hydrogens is 416 g/mol. The Kier molecular flexibility index (Phi) is 5.69. The molecule has 32 heavy (non-hydrogen) atoms. The molecule has 4 rings (SSSR count). The van der Waals surface area contributed by atoms with E-state index in [0.717, 1.165) is 0 Å². The predicted octanol–water partition coefficient (Wildman–Crippen LogP) is 3.10. The van der Waals surface area contributed by atoms with Crippen LogP contribution in [0.4, 0.5) is 0 Å². The highest BCUT2D eigenvalue weighted by Gasteiger charge is 2.65. The number of hydrogen-bond acceptors (Lipinski definition) is 8. The standard InChI is InChI=1S/C24H30O8/c1-13-20(32-15(3)26)10-24-12-30-22(28)18(24)7-17(31-14(2)25)8-21(24)23(13,4)9-19(27)16-5-6-29-11-16/h5-7,11,13,17,19-21,27H,8-10,12H2,1-4H3/t13-,17-,19-,20-,21-,23+,24-/m1/s1. The third-order valence-electron chi connectivity index (χ3n) is 7.86. The van der Waals surface area contributed by atoms with Gasteiger partial charge in [-0.3, -0.25) is 9.59 Å². The van der Waals surface area contributed by atoms with E-state index in [2.05, 4.69) is 6.92 Å². The smallest absolute Gasteiger partial charge is 0.334 e. The number of aliphatic hydroxyl groups is 1. The summed E-state index contributed by atoms with van der Waals surface area (Å²) in [4.78, 5) is 36.3. The molecule has 1 aromatic heterocycles. The van der Waals surface area contributed by atoms with Crippen LogP contribution >= 0.6 is 0 Å². The lowest BCUT2D eigenvalue weighted by Crippen LogP contribution is -2.59. The highest BCUT2D eigenvalue weighted by atomic mass is 16.6. The summed E-state index contributed by atoms with van der Waals surface area (Å²) >= 11 is 0. The van der Waals surface area contributed by atoms with Crippen LogP contribution in [0, 0.1) is 22.7 Å². The van der Waals surface area contributed by atoms with E-state index in [-0.39, 0.29) is 24.4 Å². The van der Waals surface area contributed by atoms with Crippen LogP contribution in [0.25, 0.3) is 0 Å². The van der Waals surface area contributed by atoms with Gasteiger partial charge in [0, 0.05) is 30.4 Å². The van der Waals surface area contributed by atoms with Crippen molar-refractivity contribution in [2.45, 2.75) is 65.3 Å². The molecule has 3 aliphatic rings. The molecule has 1 saturated carbocycles. The van der Waals surface area contributed by atoms with E-state index >= 15 is 0 Å². The molecule has 7 atom stereocenters. The van der Waals surface area contributed by atoms with E-state index in [1.54, 1.807) is 12.1 Å². The third kappa shape index (κ3) is 3.64. The van der Waals surface area contributed by atoms with Crippen LogP contribution < -0.4 is 0 Å². The number of cyclic esters (lactones) is 1. The van der Waals surface area contributed by atoms with Gasteiger partial charge in [-0.15, -0.1) is 0 Å². The molecule has 0 radical (unpaired) electrons. The van der Waals surface area contributed by atoms with Crippen LogP contribution in [0.5, 0.6) is 0 Å². The highest BCUT2D eigenvalue weighted by Crippen LogP contribution is 2.65. The molecule has 8 heteroatoms. The first kappa shape index (κ1) is 22.6. The number of hydrogen-bond donors (Lipinski definition) is 1. The zero-order chi connectivity index (χ0) is 23.3. The maximum absolute atomic E-state index is 12.7. The average molecular weight is 446 g/mol. The summed E-state index contributed by atoms with van der Waals surface area (Å²) in [6, 6.07) is 1.72. The summed E-state index contributed by atoms with van der Waals surface area (Å²) in [7, 11) is 0. The maximum atomic E-state index is 12.7. The molecular formula is C24H30O8. The minimum Gasteiger partial charge on any atom is -0.472 e. The molecule has 0 aromatic carbocycles. The van der Waals surface area contributed by atoms with Gasteiger partial charge in [0.25, 0.3) is 0 Å². The van der Waals surface area contributed by atoms with Gasteiger partial charge in [0.05, 0.1) is 18.6 Å². The molecule has 1 spiro atoms. The Hall–Kier alpha value is -2.61. The minimum absolute atomic E-state index is 0.128. The van der Waals surface area contributed by atoms with Crippen molar-refractivity contribution in [2.24, 2.45) is 22.7 Å². The summed E-state index contributed by atoms with van der Waals surface area (Å²) in [5, 5.41) is 11.0. The van der Waals surface area contributed by atoms with Crippen LogP contribution in [0.15, 0.2) is 34.7 Å². The first-order valence-electron chi connectivity index (χ1n) is 11.0. The number of esters is 3. The molecule has 2 fully saturated rings. The average Bonchev–Trinajstić information content (AvgIpc) is 3.34. The van der Waals surface area contributed by atoms with E-state index in [4.69, 9.17) is 18.6 Å². The second-order valence-corrected chi connectivity index (χ2v) is 9.67. The topological polar surface area (TPSA) is 112 Å². The van der Waals surface area contributed by atoms with Crippen LogP contribution in [0.1, 0.15) is 58.6 Å². The lowest BCUT2D eigenvalue weighted by molar-refractivity contribution is -0.181. The van der Waals surface area contributed by atoms with Gasteiger partial charge in [-0.05, 0) is 48.7 Å². The normalized spacial score (nSPS) is 36.9. The zero-order valence-electron chi connectivity index (χ0n) is 18.8. The fraction of sp³-hybridized carbons (Fsp3) is 0.625. The fourth-order valence-corrected chi connectivity index (χ4v) is 6.26. The van der Waals surface area contributed by atoms with Gasteiger partial charge in [0.2, 0.25) is 0 Å². The van der Waals surface area contributed by atoms with Gasteiger partial charge < -0.3 is 23.7 Å². The van der Waals surface area contributed by atoms with Crippen molar-refractivity contribution < 1.29 is 38.1 Å². The second-order valence-electron chi connectivity index (χ2n) is 9.67. The predicted molar refractivity (Wildman–Crippen MR) is 111 cm³/mol. The molecule has 1 aliphatic heterocycles. The van der Waals surface area contributed by atoms with Crippen molar-refractivity contribution in [1.29, 1.82) is 0 Å². The Morgan fingerprint density at radius 1 is 1.28 bits per heavy atom. The van der Waals surface area contributed by atoms with Gasteiger partial charge in [-0.25, -0.2) is 4.79 Å². The summed E-state index contributed by atoms with van der Waals surface area (Å²) in [5.41, 5.74) is -0.108. The second kappa shape index (κ2) is 8.06. The number of rotatable bonds is 5. The molecule has 174 valence electrons. The van der Waals surface area contributed by atoms with Crippen LogP contribution in [-0.4, -0.2) is 41.8 Å². The summed E-state index contributed by atoms with van der Waals surface area (Å²) < 4.78 is 21.9. The molecule has 2 heterocycles. The molecule has 0 bridgehead atoms. The molecule has 1 N–H and O–H groups in total. The van der Waals surface area contributed by atoms with Crippen LogP contribution in [0.3, 0.4) is 0 Å². The summed E-state index contributed by atoms with van der Waals surface area (Å²) in [6.07, 6.45) is 4.18. The first-order valence-corrected chi connectivity index (χ1v) is 11.0. The number of furan rings is 1. The number of aliphatic hydroxyl groups excluding tert-OH is 1. The van der Waals surface area contributed by atoms with Crippen molar-refractivity contribution in [1.82, 2.24) is 0 Å². The molecule has 1 saturated heterocycles. The van der Waals surface area contributed by atoms with Crippen LogP contribution in [0.2, 0.25) is 0 Å². The van der Waals surface area contributed by atoms with Gasteiger partial charge in [0.1, 0.15) is 18.8 Å². The Bertz CT molecular complexity index is 934. The van der Waals surface area contributed by atoms with Gasteiger partial charge in [0.15, 0.2) is 0 Å². The Morgan fingerprint density at radius 3 is 2.62 bits per heavy atom. The lowest BCUT2D eigenvalue weighted by Gasteiger charge is -2.59. The van der Waals surface area contributed by atoms with Crippen LogP contribution in [-0.2, 0) is 28.6 Å². The molecule has 8 nitrogen and oxygen atoms in total. The van der Waals surface area contributed by atoms with Crippen molar-refractivity contribution in [3.8, 4) is 0 Å². The quantitative estimate of drug-likeness (QED) is 0.542. The van der Waals surface area contributed by atoms with Gasteiger partial charge >= 0.3 is 17.9 Å². The Morgan fingerprint density at radius 2 is 2.00 bits per heavy atom. The van der Waals surface area contributed by atoms with Gasteiger partial charge in [-0.1, -0.05) is 13.8 Å². The van der Waals surface area contributed by atoms with Gasteiger partial charge in [-0.2, -0.15) is 0 Å². The molecule has 2 aliphatic carbocycles. The number of carbonyl (C=O) groups excluding carboxylic acids is 3. The monoisotopic (exact) mass is 446 g/mol. The lowest BCUT2D eigenvalue weighted by atomic mass is 9.45. The third-order valence-corrected chi connectivity index (χ3v) is 7.86. The summed E-state index contributed by atoms with van der Waals surface area (Å²) in [5.74, 6) is -1.52. The Labute approximate surface area is 186 Å². The van der Waals surface area contributed by atoms with E-state index in [0.29, 0.717) is 30.4 Å². The SMILES string of the molecule is CC(=O)O[C@@H]1C=C2C(=O)OC[C@]23C[C@@H](OC(C)=O)[C@@H](C)[C@](C)(C[C@@H](O)c2ccoc2)[C@H]3C1. The molecule has 0 amide bonds. The number of ether oxygens (including phenoxy) is 3. The summed E-state index contributed by atoms with van der Waals surface area (Å²) in [6.45, 7) is 6.96. The Balaban J connectivity index is 1.79. The van der Waals surface area contributed by atoms with E-state index in [1.807, 2.05) is 6.92 Å². The van der Waals surface area contributed by atoms with Crippen molar-refractivity contribution in [2.75, 3.05) is 6.61 Å². The molecule has 1 aromatic rings.